The monoisotopic (exact) mass is 567 g/mol. The van der Waals surface area contributed by atoms with Gasteiger partial charge in [-0.25, -0.2) is 0 Å². The van der Waals surface area contributed by atoms with E-state index < -0.39 is 0 Å². The summed E-state index contributed by atoms with van der Waals surface area (Å²) in [5, 5.41) is 7.42. The molecule has 0 saturated heterocycles. The molecular formula is C40H25NOS. The first kappa shape index (κ1) is 24.2. The Morgan fingerprint density at radius 3 is 2.05 bits per heavy atom. The summed E-state index contributed by atoms with van der Waals surface area (Å²) in [5.41, 5.74) is 7.61. The maximum absolute atomic E-state index is 6.44. The molecule has 2 heterocycles. The number of thiophene rings is 1. The molecule has 0 bridgehead atoms. The Kier molecular flexibility index (Phi) is 5.40. The largest absolute Gasteiger partial charge is 0.456 e. The number of hydrogen-bond donors (Lipinski definition) is 0. The van der Waals surface area contributed by atoms with Gasteiger partial charge in [-0.3, -0.25) is 0 Å². The molecule has 9 rings (SSSR count). The molecule has 0 atom stereocenters. The van der Waals surface area contributed by atoms with E-state index >= 15 is 0 Å². The highest BCUT2D eigenvalue weighted by atomic mass is 32.1. The van der Waals surface area contributed by atoms with E-state index in [0.717, 1.165) is 28.2 Å². The van der Waals surface area contributed by atoms with Crippen molar-refractivity contribution < 1.29 is 4.42 Å². The Hall–Kier alpha value is -5.38. The highest BCUT2D eigenvalue weighted by Crippen LogP contribution is 2.45. The first-order valence-corrected chi connectivity index (χ1v) is 15.3. The average Bonchev–Trinajstić information content (AvgIpc) is 3.64. The Bertz CT molecular complexity index is 2450. The summed E-state index contributed by atoms with van der Waals surface area (Å²) in [5.74, 6) is 0. The third kappa shape index (κ3) is 3.79. The number of anilines is 3. The van der Waals surface area contributed by atoms with Gasteiger partial charge in [0.05, 0.1) is 5.69 Å². The van der Waals surface area contributed by atoms with Gasteiger partial charge in [0.1, 0.15) is 11.2 Å². The Morgan fingerprint density at radius 2 is 1.16 bits per heavy atom. The van der Waals surface area contributed by atoms with Crippen LogP contribution in [0.3, 0.4) is 0 Å². The molecule has 0 aliphatic heterocycles. The van der Waals surface area contributed by atoms with Gasteiger partial charge >= 0.3 is 0 Å². The normalized spacial score (nSPS) is 11.7. The van der Waals surface area contributed by atoms with Crippen LogP contribution in [-0.4, -0.2) is 0 Å². The molecule has 7 aromatic carbocycles. The molecular weight excluding hydrogens is 543 g/mol. The van der Waals surface area contributed by atoms with E-state index in [0.29, 0.717) is 0 Å². The SMILES string of the molecule is c1ccc(N(c2ccc(-c3cccc4oc5ccc6c7ccccc7sc6c5c34)cc2)c2cccc3ccccc23)cc1. The van der Waals surface area contributed by atoms with Crippen molar-refractivity contribution in [2.75, 3.05) is 4.90 Å². The molecule has 0 amide bonds. The fourth-order valence-electron chi connectivity index (χ4n) is 6.52. The first-order valence-electron chi connectivity index (χ1n) is 14.5. The summed E-state index contributed by atoms with van der Waals surface area (Å²) < 4.78 is 9.02. The summed E-state index contributed by atoms with van der Waals surface area (Å²) in [6.45, 7) is 0. The van der Waals surface area contributed by atoms with E-state index in [1.54, 1.807) is 0 Å². The molecule has 0 saturated carbocycles. The van der Waals surface area contributed by atoms with Crippen molar-refractivity contribution in [1.29, 1.82) is 0 Å². The van der Waals surface area contributed by atoms with E-state index in [4.69, 9.17) is 4.42 Å². The van der Waals surface area contributed by atoms with Crippen molar-refractivity contribution >= 4 is 81.3 Å². The topological polar surface area (TPSA) is 16.4 Å². The molecule has 0 N–H and O–H groups in total. The minimum absolute atomic E-state index is 0.920. The van der Waals surface area contributed by atoms with E-state index in [-0.39, 0.29) is 0 Å². The molecule has 9 aromatic rings. The maximum Gasteiger partial charge on any atom is 0.136 e. The predicted octanol–water partition coefficient (Wildman–Crippen LogP) is 12.2. The highest BCUT2D eigenvalue weighted by Gasteiger charge is 2.19. The van der Waals surface area contributed by atoms with E-state index in [1.165, 1.54) is 52.8 Å². The second-order valence-corrected chi connectivity index (χ2v) is 12.0. The van der Waals surface area contributed by atoms with Gasteiger partial charge in [-0.05, 0) is 71.1 Å². The van der Waals surface area contributed by atoms with Gasteiger partial charge in [0.2, 0.25) is 0 Å². The number of para-hydroxylation sites is 1. The summed E-state index contributed by atoms with van der Waals surface area (Å²) in [7, 11) is 0. The molecule has 0 aliphatic carbocycles. The minimum Gasteiger partial charge on any atom is -0.456 e. The Morgan fingerprint density at radius 1 is 0.465 bits per heavy atom. The molecule has 2 nitrogen and oxygen atoms in total. The van der Waals surface area contributed by atoms with Gasteiger partial charge in [-0.15, -0.1) is 11.3 Å². The quantitative estimate of drug-likeness (QED) is 0.210. The minimum atomic E-state index is 0.920. The predicted molar refractivity (Wildman–Crippen MR) is 184 cm³/mol. The van der Waals surface area contributed by atoms with Gasteiger partial charge in [-0.2, -0.15) is 0 Å². The van der Waals surface area contributed by atoms with Crippen molar-refractivity contribution in [3.05, 3.63) is 152 Å². The summed E-state index contributed by atoms with van der Waals surface area (Å²) in [6.07, 6.45) is 0. The second kappa shape index (κ2) is 9.59. The van der Waals surface area contributed by atoms with Crippen molar-refractivity contribution in [3.8, 4) is 11.1 Å². The van der Waals surface area contributed by atoms with E-state index in [2.05, 4.69) is 157 Å². The number of furan rings is 1. The fraction of sp³-hybridized carbons (Fsp3) is 0. The summed E-state index contributed by atoms with van der Waals surface area (Å²) >= 11 is 1.85. The van der Waals surface area contributed by atoms with Crippen LogP contribution in [0.25, 0.3) is 64.0 Å². The molecule has 43 heavy (non-hydrogen) atoms. The lowest BCUT2D eigenvalue weighted by Crippen LogP contribution is -2.10. The molecule has 2 aromatic heterocycles. The number of benzene rings is 7. The lowest BCUT2D eigenvalue weighted by Gasteiger charge is -2.27. The zero-order chi connectivity index (χ0) is 28.3. The smallest absolute Gasteiger partial charge is 0.136 e. The number of rotatable bonds is 4. The third-order valence-corrected chi connectivity index (χ3v) is 9.67. The van der Waals surface area contributed by atoms with Crippen molar-refractivity contribution in [1.82, 2.24) is 0 Å². The number of nitrogens with zero attached hydrogens (tertiary/aromatic N) is 1. The Balaban J connectivity index is 1.23. The molecule has 0 radical (unpaired) electrons. The molecule has 0 fully saturated rings. The molecule has 3 heteroatoms. The van der Waals surface area contributed by atoms with Gasteiger partial charge in [0.25, 0.3) is 0 Å². The standard InChI is InChI=1S/C40H25NOS/c1-2-12-28(13-3-1)41(34-17-8-11-26-10-4-5-14-30(26)34)29-22-20-27(21-23-29)31-16-9-18-35-38(31)39-36(42-35)25-24-33-32-15-6-7-19-37(32)43-40(33)39/h1-25H. The lowest BCUT2D eigenvalue weighted by molar-refractivity contribution is 0.669. The van der Waals surface area contributed by atoms with Crippen LogP contribution in [0.1, 0.15) is 0 Å². The van der Waals surface area contributed by atoms with Crippen LogP contribution < -0.4 is 4.90 Å². The molecule has 0 aliphatic rings. The van der Waals surface area contributed by atoms with Crippen LogP contribution in [-0.2, 0) is 0 Å². The summed E-state index contributed by atoms with van der Waals surface area (Å²) in [6, 6.07) is 54.1. The average molecular weight is 568 g/mol. The van der Waals surface area contributed by atoms with Crippen molar-refractivity contribution in [2.45, 2.75) is 0 Å². The van der Waals surface area contributed by atoms with Gasteiger partial charge in [0.15, 0.2) is 0 Å². The highest BCUT2D eigenvalue weighted by molar-refractivity contribution is 7.26. The first-order chi connectivity index (χ1) is 21.3. The molecule has 0 unspecified atom stereocenters. The van der Waals surface area contributed by atoms with Gasteiger partial charge < -0.3 is 9.32 Å². The summed E-state index contributed by atoms with van der Waals surface area (Å²) in [4.78, 5) is 2.35. The van der Waals surface area contributed by atoms with Crippen LogP contribution in [0.15, 0.2) is 156 Å². The number of fused-ring (bicyclic) bond motifs is 8. The lowest BCUT2D eigenvalue weighted by atomic mass is 9.98. The van der Waals surface area contributed by atoms with Crippen molar-refractivity contribution in [2.24, 2.45) is 0 Å². The van der Waals surface area contributed by atoms with Gasteiger partial charge in [-0.1, -0.05) is 97.1 Å². The van der Waals surface area contributed by atoms with Crippen LogP contribution in [0.4, 0.5) is 17.1 Å². The van der Waals surface area contributed by atoms with Crippen LogP contribution in [0.2, 0.25) is 0 Å². The van der Waals surface area contributed by atoms with E-state index in [1.807, 2.05) is 11.3 Å². The zero-order valence-electron chi connectivity index (χ0n) is 23.2. The Labute approximate surface area is 252 Å². The maximum atomic E-state index is 6.44. The van der Waals surface area contributed by atoms with E-state index in [9.17, 15) is 0 Å². The fourth-order valence-corrected chi connectivity index (χ4v) is 7.77. The number of hydrogen-bond acceptors (Lipinski definition) is 3. The molecule has 202 valence electrons. The van der Waals surface area contributed by atoms with Gasteiger partial charge in [0, 0.05) is 47.7 Å². The zero-order valence-corrected chi connectivity index (χ0v) is 24.0. The second-order valence-electron chi connectivity index (χ2n) is 10.9. The van der Waals surface area contributed by atoms with Crippen LogP contribution in [0, 0.1) is 0 Å². The van der Waals surface area contributed by atoms with Crippen LogP contribution >= 0.6 is 11.3 Å². The molecule has 0 spiro atoms. The van der Waals surface area contributed by atoms with Crippen molar-refractivity contribution in [3.63, 3.8) is 0 Å². The van der Waals surface area contributed by atoms with Crippen LogP contribution in [0.5, 0.6) is 0 Å². The third-order valence-electron chi connectivity index (χ3n) is 8.46.